The SMILES string of the molecule is CCOc1ccc(S(=O)(=O)N(CCN)Cc2ccccc2)cc1.Cl. The van der Waals surface area contributed by atoms with Gasteiger partial charge in [-0.2, -0.15) is 4.31 Å². The van der Waals surface area contributed by atoms with E-state index in [1.165, 1.54) is 4.31 Å². The van der Waals surface area contributed by atoms with Crippen molar-refractivity contribution in [1.82, 2.24) is 4.31 Å². The molecule has 0 amide bonds. The van der Waals surface area contributed by atoms with Gasteiger partial charge in [0, 0.05) is 19.6 Å². The zero-order valence-corrected chi connectivity index (χ0v) is 15.2. The third-order valence-corrected chi connectivity index (χ3v) is 5.21. The van der Waals surface area contributed by atoms with E-state index in [4.69, 9.17) is 10.5 Å². The highest BCUT2D eigenvalue weighted by atomic mass is 35.5. The number of ether oxygens (including phenoxy) is 1. The van der Waals surface area contributed by atoms with E-state index in [1.807, 2.05) is 37.3 Å². The molecule has 0 saturated carbocycles. The fourth-order valence-electron chi connectivity index (χ4n) is 2.24. The summed E-state index contributed by atoms with van der Waals surface area (Å²) in [5.41, 5.74) is 6.52. The van der Waals surface area contributed by atoms with E-state index in [0.29, 0.717) is 18.9 Å². The van der Waals surface area contributed by atoms with E-state index < -0.39 is 10.0 Å². The van der Waals surface area contributed by atoms with Crippen molar-refractivity contribution in [2.24, 2.45) is 5.73 Å². The first-order valence-corrected chi connectivity index (χ1v) is 8.99. The van der Waals surface area contributed by atoms with Gasteiger partial charge in [0.05, 0.1) is 11.5 Å². The smallest absolute Gasteiger partial charge is 0.243 e. The fourth-order valence-corrected chi connectivity index (χ4v) is 3.68. The summed E-state index contributed by atoms with van der Waals surface area (Å²) >= 11 is 0. The lowest BCUT2D eigenvalue weighted by molar-refractivity contribution is 0.340. The number of benzene rings is 2. The molecule has 24 heavy (non-hydrogen) atoms. The second kappa shape index (κ2) is 9.64. The summed E-state index contributed by atoms with van der Waals surface area (Å²) < 4.78 is 32.4. The van der Waals surface area contributed by atoms with Crippen LogP contribution in [0.1, 0.15) is 12.5 Å². The van der Waals surface area contributed by atoms with Crippen LogP contribution in [0.2, 0.25) is 0 Å². The molecule has 132 valence electrons. The van der Waals surface area contributed by atoms with Gasteiger partial charge < -0.3 is 10.5 Å². The largest absolute Gasteiger partial charge is 0.494 e. The Bertz CT molecular complexity index is 706. The lowest BCUT2D eigenvalue weighted by atomic mass is 10.2. The van der Waals surface area contributed by atoms with Gasteiger partial charge in [-0.1, -0.05) is 30.3 Å². The summed E-state index contributed by atoms with van der Waals surface area (Å²) in [5, 5.41) is 0. The average molecular weight is 371 g/mol. The van der Waals surface area contributed by atoms with E-state index in [0.717, 1.165) is 5.56 Å². The second-order valence-corrected chi connectivity index (χ2v) is 6.96. The molecule has 7 heteroatoms. The van der Waals surface area contributed by atoms with Gasteiger partial charge in [-0.3, -0.25) is 0 Å². The zero-order valence-electron chi connectivity index (χ0n) is 13.6. The Morgan fingerprint density at radius 3 is 2.21 bits per heavy atom. The first-order valence-electron chi connectivity index (χ1n) is 7.55. The maximum absolute atomic E-state index is 12.8. The summed E-state index contributed by atoms with van der Waals surface area (Å²) in [6.45, 7) is 3.26. The van der Waals surface area contributed by atoms with E-state index in [-0.39, 0.29) is 30.4 Å². The van der Waals surface area contributed by atoms with Crippen molar-refractivity contribution < 1.29 is 13.2 Å². The molecular formula is C17H23ClN2O3S. The van der Waals surface area contributed by atoms with Gasteiger partial charge in [-0.25, -0.2) is 8.42 Å². The van der Waals surface area contributed by atoms with Gasteiger partial charge >= 0.3 is 0 Å². The molecule has 2 N–H and O–H groups in total. The standard InChI is InChI=1S/C17H22N2O3S.ClH/c1-2-22-16-8-10-17(11-9-16)23(20,21)19(13-12-18)14-15-6-4-3-5-7-15;/h3-11H,2,12-14,18H2,1H3;1H. The molecule has 0 bridgehead atoms. The molecule has 0 radical (unpaired) electrons. The van der Waals surface area contributed by atoms with E-state index in [1.54, 1.807) is 24.3 Å². The number of nitrogens with two attached hydrogens (primary N) is 1. The Morgan fingerprint density at radius 2 is 1.67 bits per heavy atom. The molecule has 0 heterocycles. The van der Waals surface area contributed by atoms with Crippen molar-refractivity contribution in [2.45, 2.75) is 18.4 Å². The van der Waals surface area contributed by atoms with Crippen molar-refractivity contribution in [3.05, 3.63) is 60.2 Å². The van der Waals surface area contributed by atoms with Crippen molar-refractivity contribution in [2.75, 3.05) is 19.7 Å². The monoisotopic (exact) mass is 370 g/mol. The fraction of sp³-hybridized carbons (Fsp3) is 0.294. The third kappa shape index (κ3) is 5.21. The van der Waals surface area contributed by atoms with E-state index in [2.05, 4.69) is 0 Å². The van der Waals surface area contributed by atoms with Crippen molar-refractivity contribution >= 4 is 22.4 Å². The first kappa shape index (κ1) is 20.4. The maximum Gasteiger partial charge on any atom is 0.243 e. The Morgan fingerprint density at radius 1 is 1.04 bits per heavy atom. The van der Waals surface area contributed by atoms with E-state index in [9.17, 15) is 8.42 Å². The lowest BCUT2D eigenvalue weighted by Gasteiger charge is -2.22. The Kier molecular flexibility index (Phi) is 8.21. The highest BCUT2D eigenvalue weighted by molar-refractivity contribution is 7.89. The highest BCUT2D eigenvalue weighted by Gasteiger charge is 2.24. The molecule has 0 atom stereocenters. The minimum atomic E-state index is -3.60. The van der Waals surface area contributed by atoms with Crippen LogP contribution in [0.25, 0.3) is 0 Å². The molecule has 0 aliphatic rings. The lowest BCUT2D eigenvalue weighted by Crippen LogP contribution is -2.34. The Balaban J connectivity index is 0.00000288. The molecule has 5 nitrogen and oxygen atoms in total. The van der Waals surface area contributed by atoms with E-state index >= 15 is 0 Å². The Labute approximate surface area is 149 Å². The molecule has 0 saturated heterocycles. The number of rotatable bonds is 8. The molecule has 2 aromatic rings. The van der Waals surface area contributed by atoms with Gasteiger partial charge in [0.15, 0.2) is 0 Å². The first-order chi connectivity index (χ1) is 11.1. The van der Waals surface area contributed by atoms with Crippen LogP contribution in [-0.2, 0) is 16.6 Å². The molecule has 0 aliphatic carbocycles. The summed E-state index contributed by atoms with van der Waals surface area (Å²) in [4.78, 5) is 0.241. The van der Waals surface area contributed by atoms with Crippen molar-refractivity contribution in [3.8, 4) is 5.75 Å². The van der Waals surface area contributed by atoms with Gasteiger partial charge in [0.25, 0.3) is 0 Å². The predicted molar refractivity (Wildman–Crippen MR) is 98.0 cm³/mol. The molecular weight excluding hydrogens is 348 g/mol. The molecule has 0 fully saturated rings. The van der Waals surface area contributed by atoms with Crippen LogP contribution in [0.3, 0.4) is 0 Å². The molecule has 2 rings (SSSR count). The summed E-state index contributed by atoms with van der Waals surface area (Å²) in [7, 11) is -3.60. The molecule has 0 aromatic heterocycles. The summed E-state index contributed by atoms with van der Waals surface area (Å²) in [5.74, 6) is 0.653. The van der Waals surface area contributed by atoms with Crippen LogP contribution in [-0.4, -0.2) is 32.4 Å². The number of hydrogen-bond acceptors (Lipinski definition) is 4. The topological polar surface area (TPSA) is 72.6 Å². The minimum Gasteiger partial charge on any atom is -0.494 e. The average Bonchev–Trinajstić information content (AvgIpc) is 2.56. The molecule has 2 aromatic carbocycles. The summed E-state index contributed by atoms with van der Waals surface area (Å²) in [6.07, 6.45) is 0. The van der Waals surface area contributed by atoms with Gasteiger partial charge in [0.1, 0.15) is 5.75 Å². The predicted octanol–water partition coefficient (Wildman–Crippen LogP) is 2.66. The van der Waals surface area contributed by atoms with Crippen LogP contribution in [0.5, 0.6) is 5.75 Å². The van der Waals surface area contributed by atoms with Crippen LogP contribution in [0.4, 0.5) is 0 Å². The normalized spacial score (nSPS) is 11.1. The number of nitrogens with zero attached hydrogens (tertiary/aromatic N) is 1. The molecule has 0 aliphatic heterocycles. The van der Waals surface area contributed by atoms with Crippen molar-refractivity contribution in [1.29, 1.82) is 0 Å². The van der Waals surface area contributed by atoms with Crippen molar-refractivity contribution in [3.63, 3.8) is 0 Å². The third-order valence-electron chi connectivity index (χ3n) is 3.35. The molecule has 0 spiro atoms. The number of halogens is 1. The van der Waals surface area contributed by atoms with Crippen LogP contribution in [0, 0.1) is 0 Å². The minimum absolute atomic E-state index is 0. The maximum atomic E-state index is 12.8. The summed E-state index contributed by atoms with van der Waals surface area (Å²) in [6, 6.07) is 15.9. The van der Waals surface area contributed by atoms with Gasteiger partial charge in [0.2, 0.25) is 10.0 Å². The van der Waals surface area contributed by atoms with Gasteiger partial charge in [-0.15, -0.1) is 12.4 Å². The highest BCUT2D eigenvalue weighted by Crippen LogP contribution is 2.21. The quantitative estimate of drug-likeness (QED) is 0.775. The number of sulfonamides is 1. The van der Waals surface area contributed by atoms with Crippen LogP contribution in [0.15, 0.2) is 59.5 Å². The van der Waals surface area contributed by atoms with Crippen LogP contribution >= 0.6 is 12.4 Å². The second-order valence-electron chi connectivity index (χ2n) is 5.02. The zero-order chi connectivity index (χ0) is 16.7. The van der Waals surface area contributed by atoms with Crippen LogP contribution < -0.4 is 10.5 Å². The van der Waals surface area contributed by atoms with Gasteiger partial charge in [-0.05, 0) is 36.8 Å². The Hall–Kier alpha value is -1.60. The molecule has 0 unspecified atom stereocenters. The number of hydrogen-bond donors (Lipinski definition) is 1.